The Kier molecular flexibility index (Phi) is 10.6. The minimum absolute atomic E-state index is 0. The maximum Gasteiger partial charge on any atom is 0.104 e. The molecule has 0 N–H and O–H groups in total. The fourth-order valence-corrected chi connectivity index (χ4v) is 5.56. The predicted octanol–water partition coefficient (Wildman–Crippen LogP) is 5.56. The van der Waals surface area contributed by atoms with Gasteiger partial charge in [-0.15, -0.1) is 11.3 Å². The van der Waals surface area contributed by atoms with Gasteiger partial charge in [0, 0.05) is 25.7 Å². The quantitative estimate of drug-likeness (QED) is 0.239. The van der Waals surface area contributed by atoms with E-state index in [1.807, 2.05) is 11.3 Å². The number of quaternary nitrogens is 1. The van der Waals surface area contributed by atoms with Crippen molar-refractivity contribution in [3.63, 3.8) is 0 Å². The normalized spacial score (nSPS) is 11.8. The molecule has 3 aromatic rings. The van der Waals surface area contributed by atoms with Crippen LogP contribution < -0.4 is 12.4 Å². The average molecular weight is 446 g/mol. The Balaban J connectivity index is 0.00000320. The summed E-state index contributed by atoms with van der Waals surface area (Å²) in [7, 11) is 4.79. The molecule has 30 heavy (non-hydrogen) atoms. The molecule has 0 aliphatic carbocycles. The van der Waals surface area contributed by atoms with Crippen molar-refractivity contribution in [2.45, 2.75) is 77.7 Å². The van der Waals surface area contributed by atoms with Crippen molar-refractivity contribution in [3.8, 4) is 0 Å². The second kappa shape index (κ2) is 12.7. The van der Waals surface area contributed by atoms with Gasteiger partial charge < -0.3 is 16.9 Å². The van der Waals surface area contributed by atoms with E-state index >= 15 is 0 Å². The van der Waals surface area contributed by atoms with Crippen molar-refractivity contribution in [1.29, 1.82) is 0 Å². The number of hydrogen-bond donors (Lipinski definition) is 0. The molecule has 3 rings (SSSR count). The second-order valence-corrected chi connectivity index (χ2v) is 10.5. The lowest BCUT2D eigenvalue weighted by Crippen LogP contribution is -3.00. The van der Waals surface area contributed by atoms with Crippen LogP contribution in [0.25, 0.3) is 20.2 Å². The number of halogens is 1. The van der Waals surface area contributed by atoms with E-state index in [2.05, 4.69) is 63.5 Å². The lowest BCUT2D eigenvalue weighted by Gasteiger charge is -2.30. The zero-order chi connectivity index (χ0) is 20.5. The van der Waals surface area contributed by atoms with Crippen molar-refractivity contribution >= 4 is 31.5 Å². The summed E-state index contributed by atoms with van der Waals surface area (Å²) in [6.07, 6.45) is 14.1. The summed E-state index contributed by atoms with van der Waals surface area (Å²) < 4.78 is 3.90. The summed E-state index contributed by atoms with van der Waals surface area (Å²) in [5.74, 6) is 0. The monoisotopic (exact) mass is 445 g/mol. The van der Waals surface area contributed by atoms with Crippen LogP contribution in [0.4, 0.5) is 0 Å². The fourth-order valence-electron chi connectivity index (χ4n) is 4.47. The number of nitrogens with zero attached hydrogens (tertiary/aromatic N) is 1. The highest BCUT2D eigenvalue weighted by Gasteiger charge is 2.16. The third-order valence-electron chi connectivity index (χ3n) is 6.17. The van der Waals surface area contributed by atoms with E-state index in [0.717, 1.165) is 11.0 Å². The maximum absolute atomic E-state index is 2.44. The van der Waals surface area contributed by atoms with Crippen LogP contribution in [0.5, 0.6) is 0 Å². The second-order valence-electron chi connectivity index (χ2n) is 9.43. The first kappa shape index (κ1) is 25.2. The van der Waals surface area contributed by atoms with Gasteiger partial charge in [-0.05, 0) is 31.0 Å². The molecule has 166 valence electrons. The molecule has 0 aliphatic heterocycles. The first-order chi connectivity index (χ1) is 14.1. The molecule has 0 unspecified atom stereocenters. The summed E-state index contributed by atoms with van der Waals surface area (Å²) in [5.41, 5.74) is 1.47. The van der Waals surface area contributed by atoms with E-state index in [-0.39, 0.29) is 12.4 Å². The molecule has 0 radical (unpaired) electrons. The first-order valence-corrected chi connectivity index (χ1v) is 12.6. The third-order valence-corrected chi connectivity index (χ3v) is 7.32. The van der Waals surface area contributed by atoms with Gasteiger partial charge in [-0.25, -0.2) is 0 Å². The largest absolute Gasteiger partial charge is 1.00 e. The van der Waals surface area contributed by atoms with Crippen LogP contribution >= 0.6 is 11.3 Å². The summed E-state index contributed by atoms with van der Waals surface area (Å²) in [6, 6.07) is 15.9. The highest BCUT2D eigenvalue weighted by molar-refractivity contribution is 7.25. The lowest BCUT2D eigenvalue weighted by atomic mass is 10.1. The van der Waals surface area contributed by atoms with Gasteiger partial charge in [0.05, 0.1) is 20.6 Å². The van der Waals surface area contributed by atoms with Gasteiger partial charge in [0.2, 0.25) is 0 Å². The molecule has 3 heteroatoms. The standard InChI is InChI=1S/C27H40NS.ClH/c1-4-5-6-7-8-9-10-11-12-15-20-28(2,3)22-23-18-19-27-25(21-23)24-16-13-14-17-26(24)29-27;/h13-14,16-19,21H,4-12,15,20,22H2,1-3H3;1H/q+1;/p-1. The van der Waals surface area contributed by atoms with E-state index in [9.17, 15) is 0 Å². The predicted molar refractivity (Wildman–Crippen MR) is 132 cm³/mol. The Bertz CT molecular complexity index is 883. The molecule has 0 amide bonds. The van der Waals surface area contributed by atoms with Gasteiger partial charge in [0.1, 0.15) is 6.54 Å². The number of unbranched alkanes of at least 4 members (excludes halogenated alkanes) is 9. The smallest absolute Gasteiger partial charge is 0.104 e. The Morgan fingerprint density at radius 2 is 1.30 bits per heavy atom. The number of benzene rings is 2. The zero-order valence-electron chi connectivity index (χ0n) is 19.3. The molecule has 0 saturated heterocycles. The van der Waals surface area contributed by atoms with Crippen LogP contribution in [0.3, 0.4) is 0 Å². The molecule has 1 aromatic heterocycles. The van der Waals surface area contributed by atoms with Crippen molar-refractivity contribution in [2.75, 3.05) is 20.6 Å². The topological polar surface area (TPSA) is 0 Å². The highest BCUT2D eigenvalue weighted by atomic mass is 35.5. The molecule has 0 spiro atoms. The molecular weight excluding hydrogens is 406 g/mol. The van der Waals surface area contributed by atoms with E-state index in [1.54, 1.807) is 0 Å². The van der Waals surface area contributed by atoms with Crippen LogP contribution in [0.1, 0.15) is 76.7 Å². The van der Waals surface area contributed by atoms with Gasteiger partial charge in [0.15, 0.2) is 0 Å². The van der Waals surface area contributed by atoms with Crippen molar-refractivity contribution in [3.05, 3.63) is 48.0 Å². The third kappa shape index (κ3) is 7.55. The minimum Gasteiger partial charge on any atom is -1.00 e. The Labute approximate surface area is 194 Å². The number of rotatable bonds is 13. The Morgan fingerprint density at radius 1 is 0.700 bits per heavy atom. The van der Waals surface area contributed by atoms with E-state index < -0.39 is 0 Å². The molecular formula is C27H40ClNS. The number of fused-ring (bicyclic) bond motifs is 3. The molecule has 2 aromatic carbocycles. The average Bonchev–Trinajstić information content (AvgIpc) is 3.07. The van der Waals surface area contributed by atoms with Crippen LogP contribution in [0, 0.1) is 0 Å². The molecule has 0 aliphatic rings. The van der Waals surface area contributed by atoms with Gasteiger partial charge in [-0.1, -0.05) is 82.6 Å². The zero-order valence-corrected chi connectivity index (χ0v) is 20.8. The van der Waals surface area contributed by atoms with Gasteiger partial charge in [-0.3, -0.25) is 0 Å². The summed E-state index contributed by atoms with van der Waals surface area (Å²) in [6.45, 7) is 4.69. The maximum atomic E-state index is 2.44. The van der Waals surface area contributed by atoms with Crippen molar-refractivity contribution in [2.24, 2.45) is 0 Å². The molecule has 0 atom stereocenters. The summed E-state index contributed by atoms with van der Waals surface area (Å²) >= 11 is 1.91. The first-order valence-electron chi connectivity index (χ1n) is 11.8. The van der Waals surface area contributed by atoms with E-state index in [0.29, 0.717) is 0 Å². The van der Waals surface area contributed by atoms with Gasteiger partial charge in [0.25, 0.3) is 0 Å². The summed E-state index contributed by atoms with van der Waals surface area (Å²) in [5, 5.41) is 2.84. The van der Waals surface area contributed by atoms with Crippen LogP contribution in [-0.4, -0.2) is 25.1 Å². The van der Waals surface area contributed by atoms with Gasteiger partial charge in [-0.2, -0.15) is 0 Å². The number of thiophene rings is 1. The van der Waals surface area contributed by atoms with E-state index in [1.165, 1.54) is 96.5 Å². The molecule has 0 saturated carbocycles. The molecule has 1 heterocycles. The highest BCUT2D eigenvalue weighted by Crippen LogP contribution is 2.34. The van der Waals surface area contributed by atoms with E-state index in [4.69, 9.17) is 0 Å². The fraction of sp³-hybridized carbons (Fsp3) is 0.556. The van der Waals surface area contributed by atoms with Crippen LogP contribution in [0.15, 0.2) is 42.5 Å². The minimum atomic E-state index is 0. The Morgan fingerprint density at radius 3 is 2.00 bits per heavy atom. The van der Waals surface area contributed by atoms with Crippen molar-refractivity contribution in [1.82, 2.24) is 0 Å². The molecule has 0 bridgehead atoms. The van der Waals surface area contributed by atoms with Gasteiger partial charge >= 0.3 is 0 Å². The van der Waals surface area contributed by atoms with Crippen LogP contribution in [-0.2, 0) is 6.54 Å². The molecule has 0 fully saturated rings. The SMILES string of the molecule is CCCCCCCCCCCC[N+](C)(C)Cc1ccc2sc3ccccc3c2c1.[Cl-]. The van der Waals surface area contributed by atoms with Crippen LogP contribution in [0.2, 0.25) is 0 Å². The summed E-state index contributed by atoms with van der Waals surface area (Å²) in [4.78, 5) is 0. The lowest BCUT2D eigenvalue weighted by molar-refractivity contribution is -0.903. The number of hydrogen-bond acceptors (Lipinski definition) is 1. The molecule has 1 nitrogen and oxygen atoms in total. The van der Waals surface area contributed by atoms with Crippen molar-refractivity contribution < 1.29 is 16.9 Å². The Hall–Kier alpha value is -1.09.